The molecule has 0 spiro atoms. The molecule has 0 bridgehead atoms. The topological polar surface area (TPSA) is 79.4 Å². The molecule has 1 aromatic heterocycles. The molecule has 1 saturated heterocycles. The minimum absolute atomic E-state index is 0.0404. The maximum absolute atomic E-state index is 12.3. The number of sulfone groups is 1. The van der Waals surface area contributed by atoms with E-state index in [-0.39, 0.29) is 30.5 Å². The fourth-order valence-electron chi connectivity index (χ4n) is 1.87. The number of rotatable bonds is 2. The maximum atomic E-state index is 12.3. The number of carbonyl (C=O) groups is 1. The van der Waals surface area contributed by atoms with Crippen LogP contribution in [0.1, 0.15) is 10.4 Å². The monoisotopic (exact) mass is 269 g/mol. The second kappa shape index (κ2) is 4.93. The van der Waals surface area contributed by atoms with Crippen molar-refractivity contribution in [3.8, 4) is 0 Å². The van der Waals surface area contributed by atoms with Crippen molar-refractivity contribution in [1.29, 1.82) is 0 Å². The summed E-state index contributed by atoms with van der Waals surface area (Å²) < 4.78 is 22.6. The molecule has 6 nitrogen and oxygen atoms in total. The van der Waals surface area contributed by atoms with Gasteiger partial charge in [-0.2, -0.15) is 0 Å². The van der Waals surface area contributed by atoms with E-state index in [9.17, 15) is 13.2 Å². The smallest absolute Gasteiger partial charge is 0.256 e. The standard InChI is InChI=1S/C11H15N3O3S/c1-12-10-8-13-3-2-9(10)11(15)14-4-6-18(16,17)7-5-14/h2-3,8,12H,4-7H2,1H3. The Morgan fingerprint density at radius 3 is 2.67 bits per heavy atom. The largest absolute Gasteiger partial charge is 0.386 e. The van der Waals surface area contributed by atoms with Crippen molar-refractivity contribution in [3.63, 3.8) is 0 Å². The molecule has 2 rings (SSSR count). The summed E-state index contributed by atoms with van der Waals surface area (Å²) in [5.41, 5.74) is 1.17. The van der Waals surface area contributed by atoms with Crippen molar-refractivity contribution in [2.45, 2.75) is 0 Å². The van der Waals surface area contributed by atoms with Gasteiger partial charge in [-0.15, -0.1) is 0 Å². The molecule has 1 aromatic rings. The highest BCUT2D eigenvalue weighted by molar-refractivity contribution is 7.91. The third-order valence-electron chi connectivity index (χ3n) is 2.95. The van der Waals surface area contributed by atoms with E-state index in [4.69, 9.17) is 0 Å². The summed E-state index contributed by atoms with van der Waals surface area (Å²) in [6.45, 7) is 0.513. The SMILES string of the molecule is CNc1cnccc1C(=O)N1CCS(=O)(=O)CC1. The first kappa shape index (κ1) is 12.8. The molecule has 1 aliphatic rings. The number of carbonyl (C=O) groups excluding carboxylic acids is 1. The molecule has 18 heavy (non-hydrogen) atoms. The number of nitrogens with one attached hydrogen (secondary N) is 1. The summed E-state index contributed by atoms with van der Waals surface area (Å²) in [6.07, 6.45) is 3.13. The van der Waals surface area contributed by atoms with Crippen LogP contribution in [0.4, 0.5) is 5.69 Å². The molecule has 0 aromatic carbocycles. The van der Waals surface area contributed by atoms with Crippen molar-refractivity contribution >= 4 is 21.4 Å². The molecule has 2 heterocycles. The molecule has 98 valence electrons. The molecule has 1 amide bonds. The van der Waals surface area contributed by atoms with Gasteiger partial charge in [0.1, 0.15) is 0 Å². The number of anilines is 1. The molecule has 0 radical (unpaired) electrons. The Bertz CT molecular complexity index is 542. The number of nitrogens with zero attached hydrogens (tertiary/aromatic N) is 2. The summed E-state index contributed by atoms with van der Waals surface area (Å²) in [6, 6.07) is 1.64. The zero-order valence-electron chi connectivity index (χ0n) is 10.1. The number of aromatic nitrogens is 1. The van der Waals surface area contributed by atoms with Gasteiger partial charge in [0, 0.05) is 26.3 Å². The van der Waals surface area contributed by atoms with Gasteiger partial charge in [0.15, 0.2) is 9.84 Å². The second-order valence-electron chi connectivity index (χ2n) is 4.12. The van der Waals surface area contributed by atoms with E-state index < -0.39 is 9.84 Å². The molecule has 0 saturated carbocycles. The lowest BCUT2D eigenvalue weighted by atomic mass is 10.2. The molecule has 1 aliphatic heterocycles. The predicted molar refractivity (Wildman–Crippen MR) is 68.3 cm³/mol. The van der Waals surface area contributed by atoms with Gasteiger partial charge >= 0.3 is 0 Å². The van der Waals surface area contributed by atoms with Crippen LogP contribution in [0, 0.1) is 0 Å². The highest BCUT2D eigenvalue weighted by atomic mass is 32.2. The molecular weight excluding hydrogens is 254 g/mol. The van der Waals surface area contributed by atoms with Crippen LogP contribution in [0.2, 0.25) is 0 Å². The van der Waals surface area contributed by atoms with E-state index in [1.54, 1.807) is 30.4 Å². The van der Waals surface area contributed by atoms with Gasteiger partial charge in [0.2, 0.25) is 0 Å². The third-order valence-corrected chi connectivity index (χ3v) is 4.56. The molecule has 1 fully saturated rings. The number of pyridine rings is 1. The molecule has 0 atom stereocenters. The van der Waals surface area contributed by atoms with Crippen molar-refractivity contribution < 1.29 is 13.2 Å². The first-order valence-corrected chi connectivity index (χ1v) is 7.47. The Morgan fingerprint density at radius 1 is 1.39 bits per heavy atom. The predicted octanol–water partition coefficient (Wildman–Crippen LogP) is -0.00610. The van der Waals surface area contributed by atoms with E-state index in [0.29, 0.717) is 11.3 Å². The number of amides is 1. The summed E-state index contributed by atoms with van der Waals surface area (Å²) >= 11 is 0. The van der Waals surface area contributed by atoms with Crippen LogP contribution in [0.25, 0.3) is 0 Å². The Labute approximate surface area is 106 Å². The molecular formula is C11H15N3O3S. The first-order chi connectivity index (χ1) is 8.53. The maximum Gasteiger partial charge on any atom is 0.256 e. The molecule has 0 aliphatic carbocycles. The van der Waals surface area contributed by atoms with Crippen LogP contribution >= 0.6 is 0 Å². The minimum atomic E-state index is -2.97. The highest BCUT2D eigenvalue weighted by Gasteiger charge is 2.26. The number of hydrogen-bond donors (Lipinski definition) is 1. The van der Waals surface area contributed by atoms with Gasteiger partial charge in [0.05, 0.1) is 29.0 Å². The van der Waals surface area contributed by atoms with E-state index in [0.717, 1.165) is 0 Å². The van der Waals surface area contributed by atoms with E-state index >= 15 is 0 Å². The Balaban J connectivity index is 2.17. The van der Waals surface area contributed by atoms with Gasteiger partial charge in [-0.1, -0.05) is 0 Å². The molecule has 1 N–H and O–H groups in total. The molecule has 0 unspecified atom stereocenters. The quantitative estimate of drug-likeness (QED) is 0.817. The second-order valence-corrected chi connectivity index (χ2v) is 6.42. The average Bonchev–Trinajstić information content (AvgIpc) is 2.38. The summed E-state index contributed by atoms with van der Waals surface area (Å²) in [5.74, 6) is -0.0751. The van der Waals surface area contributed by atoms with Crippen LogP contribution in [0.5, 0.6) is 0 Å². The minimum Gasteiger partial charge on any atom is -0.386 e. The first-order valence-electron chi connectivity index (χ1n) is 5.65. The van der Waals surface area contributed by atoms with E-state index in [1.165, 1.54) is 0 Å². The van der Waals surface area contributed by atoms with Crippen LogP contribution < -0.4 is 5.32 Å². The van der Waals surface area contributed by atoms with Gasteiger partial charge in [0.25, 0.3) is 5.91 Å². The van der Waals surface area contributed by atoms with Gasteiger partial charge in [-0.3, -0.25) is 9.78 Å². The fourth-order valence-corrected chi connectivity index (χ4v) is 3.07. The third kappa shape index (κ3) is 2.61. The Hall–Kier alpha value is -1.63. The number of hydrogen-bond acceptors (Lipinski definition) is 5. The fraction of sp³-hybridized carbons (Fsp3) is 0.455. The van der Waals surface area contributed by atoms with E-state index in [1.807, 2.05) is 0 Å². The van der Waals surface area contributed by atoms with Crippen LogP contribution in [-0.2, 0) is 9.84 Å². The summed E-state index contributed by atoms with van der Waals surface area (Å²) in [5, 5.41) is 2.90. The Kier molecular flexibility index (Phi) is 3.51. The van der Waals surface area contributed by atoms with Gasteiger partial charge in [-0.25, -0.2) is 8.42 Å². The summed E-state index contributed by atoms with van der Waals surface area (Å²) in [4.78, 5) is 17.8. The van der Waals surface area contributed by atoms with Crippen LogP contribution in [-0.4, -0.2) is 55.9 Å². The van der Waals surface area contributed by atoms with Crippen molar-refractivity contribution in [2.75, 3.05) is 37.0 Å². The lowest BCUT2D eigenvalue weighted by Crippen LogP contribution is -2.43. The lowest BCUT2D eigenvalue weighted by molar-refractivity contribution is 0.0771. The van der Waals surface area contributed by atoms with Crippen molar-refractivity contribution in [1.82, 2.24) is 9.88 Å². The average molecular weight is 269 g/mol. The normalized spacial score (nSPS) is 18.4. The van der Waals surface area contributed by atoms with Gasteiger partial charge < -0.3 is 10.2 Å². The Morgan fingerprint density at radius 2 is 2.06 bits per heavy atom. The zero-order chi connectivity index (χ0) is 13.2. The van der Waals surface area contributed by atoms with Crippen molar-refractivity contribution in [2.24, 2.45) is 0 Å². The summed E-state index contributed by atoms with van der Waals surface area (Å²) in [7, 11) is -1.25. The lowest BCUT2D eigenvalue weighted by Gasteiger charge is -2.27. The highest BCUT2D eigenvalue weighted by Crippen LogP contribution is 2.16. The van der Waals surface area contributed by atoms with Gasteiger partial charge in [-0.05, 0) is 6.07 Å². The van der Waals surface area contributed by atoms with Crippen molar-refractivity contribution in [3.05, 3.63) is 24.0 Å². The zero-order valence-corrected chi connectivity index (χ0v) is 10.9. The van der Waals surface area contributed by atoms with E-state index in [2.05, 4.69) is 10.3 Å². The van der Waals surface area contributed by atoms with Crippen LogP contribution in [0.3, 0.4) is 0 Å². The van der Waals surface area contributed by atoms with Crippen LogP contribution in [0.15, 0.2) is 18.5 Å². The molecule has 7 heteroatoms.